The van der Waals surface area contributed by atoms with Crippen molar-refractivity contribution < 1.29 is 0 Å². The lowest BCUT2D eigenvalue weighted by molar-refractivity contribution is 0.204. The normalized spacial score (nSPS) is 13.8. The van der Waals surface area contributed by atoms with E-state index in [1.165, 1.54) is 30.5 Å². The molecule has 0 saturated heterocycles. The molecule has 0 radical (unpaired) electrons. The number of nitrogens with zero attached hydrogens (tertiary/aromatic N) is 1. The van der Waals surface area contributed by atoms with Crippen molar-refractivity contribution >= 4 is 0 Å². The molecular weight excluding hydrogens is 242 g/mol. The molecule has 0 fully saturated rings. The van der Waals surface area contributed by atoms with Gasteiger partial charge in [-0.2, -0.15) is 0 Å². The molecule has 0 spiro atoms. The van der Waals surface area contributed by atoms with Crippen LogP contribution in [0.4, 0.5) is 0 Å². The van der Waals surface area contributed by atoms with Gasteiger partial charge >= 0.3 is 0 Å². The van der Waals surface area contributed by atoms with E-state index in [4.69, 9.17) is 0 Å². The van der Waals surface area contributed by atoms with Crippen LogP contribution in [0.15, 0.2) is 24.3 Å². The minimum absolute atomic E-state index is 0.448. The zero-order valence-corrected chi connectivity index (χ0v) is 14.4. The van der Waals surface area contributed by atoms with Crippen molar-refractivity contribution in [3.63, 3.8) is 0 Å². The highest BCUT2D eigenvalue weighted by atomic mass is 15.1. The predicted molar refractivity (Wildman–Crippen MR) is 90.2 cm³/mol. The predicted octanol–water partition coefficient (Wildman–Crippen LogP) is 5.46. The van der Waals surface area contributed by atoms with Crippen LogP contribution in [0.3, 0.4) is 0 Å². The van der Waals surface area contributed by atoms with Crippen LogP contribution >= 0.6 is 0 Å². The summed E-state index contributed by atoms with van der Waals surface area (Å²) in [6.07, 6.45) is 3.71. The molecule has 1 aromatic carbocycles. The van der Waals surface area contributed by atoms with Crippen LogP contribution < -0.4 is 0 Å². The molecule has 0 aromatic heterocycles. The molecule has 1 rings (SSSR count). The Hall–Kier alpha value is -0.820. The number of aryl methyl sites for hydroxylation is 1. The number of hydrogen-bond donors (Lipinski definition) is 0. The van der Waals surface area contributed by atoms with Crippen molar-refractivity contribution in [1.82, 2.24) is 4.90 Å². The van der Waals surface area contributed by atoms with Crippen molar-refractivity contribution in [2.24, 2.45) is 5.41 Å². The maximum absolute atomic E-state index is 2.61. The molecule has 0 amide bonds. The Bertz CT molecular complexity index is 389. The fraction of sp³-hybridized carbons (Fsp3) is 0.684. The molecule has 0 aliphatic heterocycles. The number of rotatable bonds is 7. The molecule has 1 unspecified atom stereocenters. The second-order valence-corrected chi connectivity index (χ2v) is 7.02. The van der Waals surface area contributed by atoms with Crippen molar-refractivity contribution in [2.45, 2.75) is 66.8 Å². The molecule has 0 aliphatic carbocycles. The van der Waals surface area contributed by atoms with Crippen LogP contribution in [0.25, 0.3) is 0 Å². The first kappa shape index (κ1) is 17.2. The van der Waals surface area contributed by atoms with Gasteiger partial charge in [0, 0.05) is 6.04 Å². The standard InChI is InChI=1S/C19H33N/c1-7-17-12-9-10-13-18(17)16(3)20(8-2)15-11-14-19(4,5)6/h9-10,12-13,16H,7-8,11,14-15H2,1-6H3. The van der Waals surface area contributed by atoms with Gasteiger partial charge in [-0.05, 0) is 55.8 Å². The van der Waals surface area contributed by atoms with E-state index in [1.54, 1.807) is 0 Å². The first-order valence-corrected chi connectivity index (χ1v) is 8.21. The van der Waals surface area contributed by atoms with Gasteiger partial charge in [-0.1, -0.05) is 58.9 Å². The molecule has 0 aliphatic rings. The van der Waals surface area contributed by atoms with Crippen LogP contribution in [0.5, 0.6) is 0 Å². The molecule has 0 N–H and O–H groups in total. The molecule has 20 heavy (non-hydrogen) atoms. The summed E-state index contributed by atoms with van der Waals surface area (Å²) in [5, 5.41) is 0. The highest BCUT2D eigenvalue weighted by Gasteiger charge is 2.17. The molecule has 1 heteroatoms. The summed E-state index contributed by atoms with van der Waals surface area (Å²) in [6.45, 7) is 16.2. The van der Waals surface area contributed by atoms with E-state index in [2.05, 4.69) is 70.7 Å². The molecule has 114 valence electrons. The number of benzene rings is 1. The fourth-order valence-electron chi connectivity index (χ4n) is 2.90. The van der Waals surface area contributed by atoms with Crippen molar-refractivity contribution in [1.29, 1.82) is 0 Å². The lowest BCUT2D eigenvalue weighted by atomic mass is 9.90. The van der Waals surface area contributed by atoms with E-state index in [0.717, 1.165) is 13.0 Å². The third-order valence-electron chi connectivity index (χ3n) is 4.21. The van der Waals surface area contributed by atoms with Gasteiger partial charge in [0.05, 0.1) is 0 Å². The molecule has 0 heterocycles. The zero-order valence-electron chi connectivity index (χ0n) is 14.4. The van der Waals surface area contributed by atoms with Gasteiger partial charge < -0.3 is 0 Å². The Morgan fingerprint density at radius 1 is 1.10 bits per heavy atom. The van der Waals surface area contributed by atoms with Crippen LogP contribution in [0.1, 0.15) is 71.6 Å². The summed E-state index contributed by atoms with van der Waals surface area (Å²) in [5.74, 6) is 0. The summed E-state index contributed by atoms with van der Waals surface area (Å²) in [7, 11) is 0. The summed E-state index contributed by atoms with van der Waals surface area (Å²) < 4.78 is 0. The SMILES string of the molecule is CCc1ccccc1C(C)N(CC)CCCC(C)(C)C. The van der Waals surface area contributed by atoms with Crippen LogP contribution in [-0.4, -0.2) is 18.0 Å². The Labute approximate surface area is 126 Å². The smallest absolute Gasteiger partial charge is 0.0322 e. The molecule has 1 nitrogen and oxygen atoms in total. The maximum atomic E-state index is 2.61. The van der Waals surface area contributed by atoms with Crippen molar-refractivity contribution in [3.8, 4) is 0 Å². The monoisotopic (exact) mass is 275 g/mol. The van der Waals surface area contributed by atoms with Crippen molar-refractivity contribution in [3.05, 3.63) is 35.4 Å². The molecule has 0 bridgehead atoms. The van der Waals surface area contributed by atoms with E-state index in [9.17, 15) is 0 Å². The largest absolute Gasteiger partial charge is 0.297 e. The fourth-order valence-corrected chi connectivity index (χ4v) is 2.90. The summed E-state index contributed by atoms with van der Waals surface area (Å²) in [6, 6.07) is 9.43. The van der Waals surface area contributed by atoms with Crippen molar-refractivity contribution in [2.75, 3.05) is 13.1 Å². The third-order valence-corrected chi connectivity index (χ3v) is 4.21. The Morgan fingerprint density at radius 3 is 2.30 bits per heavy atom. The molecule has 1 atom stereocenters. The van der Waals surface area contributed by atoms with Gasteiger partial charge in [-0.3, -0.25) is 4.90 Å². The topological polar surface area (TPSA) is 3.24 Å². The average molecular weight is 275 g/mol. The quantitative estimate of drug-likeness (QED) is 0.639. The van der Waals surface area contributed by atoms with E-state index < -0.39 is 0 Å². The minimum atomic E-state index is 0.448. The Balaban J connectivity index is 2.69. The van der Waals surface area contributed by atoms with Gasteiger partial charge in [0.1, 0.15) is 0 Å². The van der Waals surface area contributed by atoms with Crippen LogP contribution in [0.2, 0.25) is 0 Å². The van der Waals surface area contributed by atoms with E-state index in [1.807, 2.05) is 0 Å². The van der Waals surface area contributed by atoms with Gasteiger partial charge in [-0.25, -0.2) is 0 Å². The number of hydrogen-bond acceptors (Lipinski definition) is 1. The average Bonchev–Trinajstić information content (AvgIpc) is 2.41. The van der Waals surface area contributed by atoms with Crippen LogP contribution in [-0.2, 0) is 6.42 Å². The van der Waals surface area contributed by atoms with Gasteiger partial charge in [0.2, 0.25) is 0 Å². The first-order chi connectivity index (χ1) is 9.39. The highest BCUT2D eigenvalue weighted by Crippen LogP contribution is 2.26. The lowest BCUT2D eigenvalue weighted by Gasteiger charge is -2.30. The summed E-state index contributed by atoms with van der Waals surface area (Å²) in [4.78, 5) is 2.61. The van der Waals surface area contributed by atoms with E-state index in [0.29, 0.717) is 11.5 Å². The highest BCUT2D eigenvalue weighted by molar-refractivity contribution is 5.29. The second kappa shape index (κ2) is 7.83. The van der Waals surface area contributed by atoms with E-state index in [-0.39, 0.29) is 0 Å². The third kappa shape index (κ3) is 5.28. The van der Waals surface area contributed by atoms with Crippen LogP contribution in [0, 0.1) is 5.41 Å². The molecule has 0 saturated carbocycles. The Kier molecular flexibility index (Phi) is 6.75. The van der Waals surface area contributed by atoms with E-state index >= 15 is 0 Å². The van der Waals surface area contributed by atoms with Gasteiger partial charge in [-0.15, -0.1) is 0 Å². The lowest BCUT2D eigenvalue weighted by Crippen LogP contribution is -2.29. The Morgan fingerprint density at radius 2 is 1.75 bits per heavy atom. The summed E-state index contributed by atoms with van der Waals surface area (Å²) >= 11 is 0. The maximum Gasteiger partial charge on any atom is 0.0322 e. The zero-order chi connectivity index (χ0) is 15.2. The van der Waals surface area contributed by atoms with Gasteiger partial charge in [0.15, 0.2) is 0 Å². The van der Waals surface area contributed by atoms with Gasteiger partial charge in [0.25, 0.3) is 0 Å². The minimum Gasteiger partial charge on any atom is -0.297 e. The molecular formula is C19H33N. The molecule has 1 aromatic rings. The first-order valence-electron chi connectivity index (χ1n) is 8.21. The summed E-state index contributed by atoms with van der Waals surface area (Å²) in [5.41, 5.74) is 3.45. The second-order valence-electron chi connectivity index (χ2n) is 7.02.